The number of hydrogen-bond acceptors (Lipinski definition) is 4. The Balaban J connectivity index is 2.26. The molecule has 6 heteroatoms. The summed E-state index contributed by atoms with van der Waals surface area (Å²) >= 11 is 0. The van der Waals surface area contributed by atoms with Crippen LogP contribution in [0.2, 0.25) is 0 Å². The minimum absolute atomic E-state index is 0.131. The fourth-order valence-electron chi connectivity index (χ4n) is 3.04. The molecule has 0 aliphatic carbocycles. The van der Waals surface area contributed by atoms with Crippen molar-refractivity contribution < 1.29 is 9.53 Å². The first kappa shape index (κ1) is 20.1. The summed E-state index contributed by atoms with van der Waals surface area (Å²) in [4.78, 5) is 38.1. The smallest absolute Gasteiger partial charge is 0.325 e. The SMILES string of the molecule is COC(=O)Cn1c(=O)/c(=C/Cc2ccccc2)n(C)c(=O)/c1=C/c1ccccc1. The minimum atomic E-state index is -0.600. The number of ether oxygens (including phenoxy) is 1. The highest BCUT2D eigenvalue weighted by molar-refractivity contribution is 5.69. The van der Waals surface area contributed by atoms with Gasteiger partial charge in [0, 0.05) is 7.05 Å². The molecular weight excluding hydrogens is 368 g/mol. The molecular formula is C23H22N2O4. The molecule has 0 atom stereocenters. The van der Waals surface area contributed by atoms with Gasteiger partial charge in [0.1, 0.15) is 17.2 Å². The van der Waals surface area contributed by atoms with E-state index in [2.05, 4.69) is 0 Å². The largest absolute Gasteiger partial charge is 0.468 e. The zero-order valence-corrected chi connectivity index (χ0v) is 16.4. The van der Waals surface area contributed by atoms with Crippen molar-refractivity contribution in [3.05, 3.63) is 103 Å². The molecule has 0 radical (unpaired) electrons. The monoisotopic (exact) mass is 390 g/mol. The Morgan fingerprint density at radius 2 is 1.55 bits per heavy atom. The molecule has 0 unspecified atom stereocenters. The van der Waals surface area contributed by atoms with Crippen molar-refractivity contribution >= 4 is 18.1 Å². The average Bonchev–Trinajstić information content (AvgIpc) is 2.75. The van der Waals surface area contributed by atoms with Crippen LogP contribution in [0.5, 0.6) is 0 Å². The van der Waals surface area contributed by atoms with Crippen LogP contribution in [0.3, 0.4) is 0 Å². The zero-order chi connectivity index (χ0) is 20.8. The molecule has 0 aliphatic heterocycles. The lowest BCUT2D eigenvalue weighted by molar-refractivity contribution is -0.141. The molecule has 3 aromatic rings. The maximum Gasteiger partial charge on any atom is 0.325 e. The number of carbonyl (C=O) groups excluding carboxylic acids is 1. The fourth-order valence-corrected chi connectivity index (χ4v) is 3.04. The van der Waals surface area contributed by atoms with Crippen molar-refractivity contribution in [2.24, 2.45) is 7.05 Å². The van der Waals surface area contributed by atoms with Gasteiger partial charge in [-0.2, -0.15) is 0 Å². The van der Waals surface area contributed by atoms with Crippen LogP contribution in [-0.4, -0.2) is 22.2 Å². The first-order valence-corrected chi connectivity index (χ1v) is 9.19. The van der Waals surface area contributed by atoms with Crippen LogP contribution in [0.15, 0.2) is 70.3 Å². The second kappa shape index (κ2) is 9.01. The van der Waals surface area contributed by atoms with Crippen molar-refractivity contribution in [1.82, 2.24) is 9.13 Å². The second-order valence-corrected chi connectivity index (χ2v) is 6.55. The quantitative estimate of drug-likeness (QED) is 0.598. The molecule has 0 saturated carbocycles. The predicted octanol–water partition coefficient (Wildman–Crippen LogP) is 0.572. The number of aromatic nitrogens is 2. The van der Waals surface area contributed by atoms with Crippen molar-refractivity contribution in [2.75, 3.05) is 7.11 Å². The number of nitrogens with zero attached hydrogens (tertiary/aromatic N) is 2. The first-order valence-electron chi connectivity index (χ1n) is 9.19. The van der Waals surface area contributed by atoms with Gasteiger partial charge < -0.3 is 9.30 Å². The molecule has 29 heavy (non-hydrogen) atoms. The van der Waals surface area contributed by atoms with E-state index in [9.17, 15) is 14.4 Å². The maximum absolute atomic E-state index is 13.2. The van der Waals surface area contributed by atoms with E-state index in [1.807, 2.05) is 60.7 Å². The minimum Gasteiger partial charge on any atom is -0.468 e. The molecule has 0 spiro atoms. The van der Waals surface area contributed by atoms with Crippen molar-refractivity contribution in [3.63, 3.8) is 0 Å². The second-order valence-electron chi connectivity index (χ2n) is 6.55. The first-order chi connectivity index (χ1) is 14.0. The lowest BCUT2D eigenvalue weighted by Crippen LogP contribution is -2.58. The third kappa shape index (κ3) is 4.60. The van der Waals surface area contributed by atoms with E-state index in [1.165, 1.54) is 16.2 Å². The Bertz CT molecular complexity index is 1240. The van der Waals surface area contributed by atoms with E-state index in [0.717, 1.165) is 11.1 Å². The highest BCUT2D eigenvalue weighted by Crippen LogP contribution is 1.99. The summed E-state index contributed by atoms with van der Waals surface area (Å²) in [5.41, 5.74) is 0.981. The van der Waals surface area contributed by atoms with Gasteiger partial charge in [0.05, 0.1) is 7.11 Å². The molecule has 0 saturated heterocycles. The topological polar surface area (TPSA) is 70.3 Å². The Labute approximate surface area is 167 Å². The van der Waals surface area contributed by atoms with E-state index in [4.69, 9.17) is 4.74 Å². The van der Waals surface area contributed by atoms with E-state index in [1.54, 1.807) is 19.2 Å². The number of benzene rings is 2. The van der Waals surface area contributed by atoms with Crippen LogP contribution in [0, 0.1) is 0 Å². The fraction of sp³-hybridized carbons (Fsp3) is 0.174. The molecule has 6 nitrogen and oxygen atoms in total. The average molecular weight is 390 g/mol. The lowest BCUT2D eigenvalue weighted by atomic mass is 10.1. The molecule has 2 aromatic carbocycles. The molecule has 1 heterocycles. The molecule has 0 fully saturated rings. The van der Waals surface area contributed by atoms with Gasteiger partial charge in [-0.05, 0) is 23.6 Å². The molecule has 1 aromatic heterocycles. The highest BCUT2D eigenvalue weighted by Gasteiger charge is 2.12. The van der Waals surface area contributed by atoms with Gasteiger partial charge in [0.25, 0.3) is 11.1 Å². The number of carbonyl (C=O) groups is 1. The molecule has 148 valence electrons. The summed E-state index contributed by atoms with van der Waals surface area (Å²) in [5.74, 6) is -0.600. The Morgan fingerprint density at radius 3 is 2.17 bits per heavy atom. The van der Waals surface area contributed by atoms with Gasteiger partial charge in [-0.1, -0.05) is 66.7 Å². The van der Waals surface area contributed by atoms with Gasteiger partial charge in [0.15, 0.2) is 0 Å². The predicted molar refractivity (Wildman–Crippen MR) is 112 cm³/mol. The highest BCUT2D eigenvalue weighted by atomic mass is 16.5. The van der Waals surface area contributed by atoms with Crippen molar-refractivity contribution in [1.29, 1.82) is 0 Å². The summed E-state index contributed by atoms with van der Waals surface area (Å²) in [6.07, 6.45) is 3.80. The summed E-state index contributed by atoms with van der Waals surface area (Å²) in [5, 5.41) is 0.360. The van der Waals surface area contributed by atoms with E-state index in [-0.39, 0.29) is 22.8 Å². The van der Waals surface area contributed by atoms with Crippen LogP contribution in [0.1, 0.15) is 11.1 Å². The van der Waals surface area contributed by atoms with E-state index < -0.39 is 11.5 Å². The molecule has 0 N–H and O–H groups in total. The molecule has 0 amide bonds. The van der Waals surface area contributed by atoms with Crippen molar-refractivity contribution in [2.45, 2.75) is 13.0 Å². The lowest BCUT2D eigenvalue weighted by Gasteiger charge is -2.09. The number of rotatable bonds is 5. The van der Waals surface area contributed by atoms with Gasteiger partial charge in [-0.25, -0.2) is 0 Å². The van der Waals surface area contributed by atoms with Crippen LogP contribution < -0.4 is 21.8 Å². The summed E-state index contributed by atoms with van der Waals surface area (Å²) in [6, 6.07) is 18.8. The van der Waals surface area contributed by atoms with Crippen LogP contribution in [-0.2, 0) is 29.5 Å². The van der Waals surface area contributed by atoms with Gasteiger partial charge in [-0.3, -0.25) is 19.0 Å². The Hall–Kier alpha value is -3.67. The van der Waals surface area contributed by atoms with Crippen molar-refractivity contribution in [3.8, 4) is 0 Å². The molecule has 3 rings (SSSR count). The summed E-state index contributed by atoms with van der Waals surface area (Å²) in [6.45, 7) is -0.337. The van der Waals surface area contributed by atoms with Gasteiger partial charge in [0.2, 0.25) is 0 Å². The van der Waals surface area contributed by atoms with E-state index >= 15 is 0 Å². The third-order valence-electron chi connectivity index (χ3n) is 4.63. The summed E-state index contributed by atoms with van der Waals surface area (Å²) in [7, 11) is 2.81. The summed E-state index contributed by atoms with van der Waals surface area (Å²) < 4.78 is 7.23. The van der Waals surface area contributed by atoms with Crippen LogP contribution in [0.25, 0.3) is 12.2 Å². The molecule has 0 bridgehead atoms. The number of hydrogen-bond donors (Lipinski definition) is 0. The van der Waals surface area contributed by atoms with Gasteiger partial charge in [-0.15, -0.1) is 0 Å². The Morgan fingerprint density at radius 1 is 0.931 bits per heavy atom. The normalized spacial score (nSPS) is 12.2. The van der Waals surface area contributed by atoms with Crippen LogP contribution >= 0.6 is 0 Å². The maximum atomic E-state index is 13.2. The number of esters is 1. The Kier molecular flexibility index (Phi) is 6.24. The molecule has 0 aliphatic rings. The standard InChI is InChI=1S/C23H22N2O4/c1-24-19(14-13-17-9-5-3-6-10-17)23(28)25(16-21(26)29-2)20(22(24)27)15-18-11-7-4-8-12-18/h3-12,14-15H,13,16H2,1-2H3/b19-14-,20-15-. The van der Waals surface area contributed by atoms with Crippen LogP contribution in [0.4, 0.5) is 0 Å². The zero-order valence-electron chi connectivity index (χ0n) is 16.4. The van der Waals surface area contributed by atoms with E-state index in [0.29, 0.717) is 6.42 Å². The van der Waals surface area contributed by atoms with Gasteiger partial charge >= 0.3 is 5.97 Å². The third-order valence-corrected chi connectivity index (χ3v) is 4.63. The number of methoxy groups -OCH3 is 1.